The molecule has 2 aromatic heterocycles. The summed E-state index contributed by atoms with van der Waals surface area (Å²) in [5.41, 5.74) is 6.15. The van der Waals surface area contributed by atoms with Gasteiger partial charge < -0.3 is 10.5 Å². The number of hydrogen-bond acceptors (Lipinski definition) is 8. The van der Waals surface area contributed by atoms with Crippen LogP contribution in [0.5, 0.6) is 0 Å². The Bertz CT molecular complexity index is 1250. The molecule has 1 saturated heterocycles. The van der Waals surface area contributed by atoms with Crippen molar-refractivity contribution in [3.8, 4) is 11.8 Å². The highest BCUT2D eigenvalue weighted by molar-refractivity contribution is 5.94. The summed E-state index contributed by atoms with van der Waals surface area (Å²) in [5, 5.41) is 22.1. The molecule has 1 fully saturated rings. The summed E-state index contributed by atoms with van der Waals surface area (Å²) in [5.74, 6) is -1.35. The highest BCUT2D eigenvalue weighted by Gasteiger charge is 2.46. The van der Waals surface area contributed by atoms with E-state index in [0.717, 1.165) is 11.3 Å². The molecule has 11 nitrogen and oxygen atoms in total. The summed E-state index contributed by atoms with van der Waals surface area (Å²) in [6, 6.07) is 9.74. The Balaban J connectivity index is 1.51. The molecular weight excluding hydrogens is 467 g/mol. The van der Waals surface area contributed by atoms with E-state index >= 15 is 4.39 Å². The van der Waals surface area contributed by atoms with Gasteiger partial charge in [-0.3, -0.25) is 19.2 Å². The average Bonchev–Trinajstić information content (AvgIpc) is 3.53. The van der Waals surface area contributed by atoms with Crippen LogP contribution in [0.15, 0.2) is 42.9 Å². The number of amides is 1. The zero-order valence-electron chi connectivity index (χ0n) is 19.9. The van der Waals surface area contributed by atoms with Gasteiger partial charge in [-0.1, -0.05) is 12.1 Å². The van der Waals surface area contributed by atoms with E-state index in [1.807, 2.05) is 29.2 Å². The van der Waals surface area contributed by atoms with Crippen molar-refractivity contribution in [3.05, 3.63) is 59.7 Å². The standard InChI is InChI=1S/C24H27FN8O3/c1-2-36-22(34)13-20-19(23(27)35)15-32(30-20)24(7-9-26)8-12-31(16-21(24)25)14-17-3-5-18(6-4-17)33-28-10-11-29-33/h3-6,10-11,15,21H,2,7-8,12-14,16H2,1H3,(H2,27,35). The first kappa shape index (κ1) is 25.0. The Kier molecular flexibility index (Phi) is 7.40. The number of ether oxygens (including phenoxy) is 1. The van der Waals surface area contributed by atoms with Crippen molar-refractivity contribution in [2.75, 3.05) is 19.7 Å². The topological polar surface area (TPSA) is 145 Å². The number of rotatable bonds is 9. The lowest BCUT2D eigenvalue weighted by Crippen LogP contribution is -2.54. The maximum atomic E-state index is 15.8. The summed E-state index contributed by atoms with van der Waals surface area (Å²) in [4.78, 5) is 27.5. The minimum Gasteiger partial charge on any atom is -0.466 e. The number of likely N-dealkylation sites (tertiary alicyclic amines) is 1. The molecule has 12 heteroatoms. The van der Waals surface area contributed by atoms with Crippen LogP contribution in [-0.4, -0.2) is 67.4 Å². The van der Waals surface area contributed by atoms with Crippen LogP contribution in [0.4, 0.5) is 4.39 Å². The molecule has 3 heterocycles. The molecule has 36 heavy (non-hydrogen) atoms. The van der Waals surface area contributed by atoms with Crippen LogP contribution in [0.25, 0.3) is 5.69 Å². The zero-order chi connectivity index (χ0) is 25.7. The maximum absolute atomic E-state index is 15.8. The van der Waals surface area contributed by atoms with Gasteiger partial charge in [0.05, 0.1) is 54.9 Å². The van der Waals surface area contributed by atoms with E-state index in [1.54, 1.807) is 19.3 Å². The molecule has 1 aliphatic rings. The molecule has 2 unspecified atom stereocenters. The van der Waals surface area contributed by atoms with Gasteiger partial charge in [-0.25, -0.2) is 4.39 Å². The SMILES string of the molecule is CCOC(=O)Cc1nn(C2(CC#N)CCN(Cc3ccc(-n4nccn4)cc3)CC2F)cc1C(N)=O. The second-order valence-electron chi connectivity index (χ2n) is 8.66. The Morgan fingerprint density at radius 2 is 2.00 bits per heavy atom. The molecular formula is C24H27FN8O3. The third-order valence-corrected chi connectivity index (χ3v) is 6.37. The van der Waals surface area contributed by atoms with Gasteiger partial charge in [0.2, 0.25) is 0 Å². The number of carbonyl (C=O) groups excluding carboxylic acids is 2. The van der Waals surface area contributed by atoms with E-state index in [1.165, 1.54) is 15.7 Å². The van der Waals surface area contributed by atoms with E-state index in [2.05, 4.69) is 21.4 Å². The first-order valence-corrected chi connectivity index (χ1v) is 11.6. The van der Waals surface area contributed by atoms with E-state index in [4.69, 9.17) is 10.5 Å². The van der Waals surface area contributed by atoms with E-state index < -0.39 is 23.6 Å². The number of piperidine rings is 1. The molecule has 3 aromatic rings. The largest absolute Gasteiger partial charge is 0.466 e. The van der Waals surface area contributed by atoms with Crippen molar-refractivity contribution in [2.45, 2.75) is 44.4 Å². The molecule has 0 aliphatic carbocycles. The number of benzene rings is 1. The number of nitriles is 1. The van der Waals surface area contributed by atoms with Crippen LogP contribution in [0, 0.1) is 11.3 Å². The molecule has 0 spiro atoms. The Labute approximate surface area is 207 Å². The lowest BCUT2D eigenvalue weighted by Gasteiger charge is -2.43. The second kappa shape index (κ2) is 10.7. The van der Waals surface area contributed by atoms with Crippen LogP contribution in [0.1, 0.15) is 41.4 Å². The average molecular weight is 495 g/mol. The summed E-state index contributed by atoms with van der Waals surface area (Å²) >= 11 is 0. The number of halogens is 1. The maximum Gasteiger partial charge on any atom is 0.311 e. The molecule has 0 radical (unpaired) electrons. The number of alkyl halides is 1. The molecule has 1 amide bonds. The summed E-state index contributed by atoms with van der Waals surface area (Å²) < 4.78 is 22.1. The Morgan fingerprint density at radius 1 is 1.28 bits per heavy atom. The number of esters is 1. The van der Waals surface area contributed by atoms with E-state index in [0.29, 0.717) is 13.1 Å². The monoisotopic (exact) mass is 494 g/mol. The first-order chi connectivity index (χ1) is 17.4. The number of primary amides is 1. The molecule has 1 aliphatic heterocycles. The third kappa shape index (κ3) is 5.11. The minimum atomic E-state index is -1.45. The van der Waals surface area contributed by atoms with Crippen molar-refractivity contribution < 1.29 is 18.7 Å². The minimum absolute atomic E-state index is 0.0155. The van der Waals surface area contributed by atoms with Crippen molar-refractivity contribution in [3.63, 3.8) is 0 Å². The van der Waals surface area contributed by atoms with E-state index in [-0.39, 0.29) is 43.7 Å². The molecule has 2 N–H and O–H groups in total. The number of aromatic nitrogens is 5. The zero-order valence-corrected chi connectivity index (χ0v) is 19.9. The number of nitrogens with zero attached hydrogens (tertiary/aromatic N) is 7. The van der Waals surface area contributed by atoms with Crippen LogP contribution in [0.2, 0.25) is 0 Å². The predicted molar refractivity (Wildman–Crippen MR) is 125 cm³/mol. The smallest absolute Gasteiger partial charge is 0.311 e. The highest BCUT2D eigenvalue weighted by Crippen LogP contribution is 2.36. The molecule has 0 bridgehead atoms. The van der Waals surface area contributed by atoms with Crippen molar-refractivity contribution in [2.24, 2.45) is 5.73 Å². The second-order valence-corrected chi connectivity index (χ2v) is 8.66. The van der Waals surface area contributed by atoms with Gasteiger partial charge in [-0.05, 0) is 31.0 Å². The molecule has 1 aromatic carbocycles. The fourth-order valence-corrected chi connectivity index (χ4v) is 4.48. The van der Waals surface area contributed by atoms with Crippen LogP contribution in [-0.2, 0) is 28.0 Å². The highest BCUT2D eigenvalue weighted by atomic mass is 19.1. The van der Waals surface area contributed by atoms with Gasteiger partial charge in [0.1, 0.15) is 11.7 Å². The summed E-state index contributed by atoms with van der Waals surface area (Å²) in [7, 11) is 0. The number of carbonyl (C=O) groups is 2. The van der Waals surface area contributed by atoms with E-state index in [9.17, 15) is 14.9 Å². The number of hydrogen-bond donors (Lipinski definition) is 1. The van der Waals surface area contributed by atoms with Crippen molar-refractivity contribution >= 4 is 11.9 Å². The van der Waals surface area contributed by atoms with Crippen LogP contribution < -0.4 is 5.73 Å². The predicted octanol–water partition coefficient (Wildman–Crippen LogP) is 1.52. The van der Waals surface area contributed by atoms with Crippen LogP contribution >= 0.6 is 0 Å². The summed E-state index contributed by atoms with van der Waals surface area (Å²) in [6.07, 6.45) is 2.97. The molecule has 188 valence electrons. The van der Waals surface area contributed by atoms with Crippen molar-refractivity contribution in [1.29, 1.82) is 5.26 Å². The Morgan fingerprint density at radius 3 is 2.61 bits per heavy atom. The fraction of sp³-hybridized carbons (Fsp3) is 0.417. The van der Waals surface area contributed by atoms with Gasteiger partial charge in [-0.2, -0.15) is 25.4 Å². The summed E-state index contributed by atoms with van der Waals surface area (Å²) in [6.45, 7) is 2.94. The van der Waals surface area contributed by atoms with Crippen LogP contribution in [0.3, 0.4) is 0 Å². The lowest BCUT2D eigenvalue weighted by molar-refractivity contribution is -0.142. The molecule has 4 rings (SSSR count). The van der Waals surface area contributed by atoms with Gasteiger partial charge in [0.25, 0.3) is 5.91 Å². The lowest BCUT2D eigenvalue weighted by atomic mass is 9.83. The third-order valence-electron chi connectivity index (χ3n) is 6.37. The fourth-order valence-electron chi connectivity index (χ4n) is 4.48. The molecule has 2 atom stereocenters. The quantitative estimate of drug-likeness (QED) is 0.441. The molecule has 0 saturated carbocycles. The van der Waals surface area contributed by atoms with Gasteiger partial charge >= 0.3 is 5.97 Å². The number of nitrogens with two attached hydrogens (primary N) is 1. The van der Waals surface area contributed by atoms with Crippen molar-refractivity contribution in [1.82, 2.24) is 29.7 Å². The van der Waals surface area contributed by atoms with Gasteiger partial charge in [0.15, 0.2) is 0 Å². The normalized spacial score (nSPS) is 20.1. The van der Waals surface area contributed by atoms with Gasteiger partial charge in [0, 0.05) is 25.8 Å². The Hall–Kier alpha value is -4.11. The van der Waals surface area contributed by atoms with Gasteiger partial charge in [-0.15, -0.1) is 0 Å². The first-order valence-electron chi connectivity index (χ1n) is 11.6.